The molecule has 0 aromatic heterocycles. The lowest BCUT2D eigenvalue weighted by atomic mass is 9.84. The van der Waals surface area contributed by atoms with Gasteiger partial charge >= 0.3 is 18.0 Å². The van der Waals surface area contributed by atoms with Crippen molar-refractivity contribution >= 4 is 47.5 Å². The van der Waals surface area contributed by atoms with E-state index in [0.717, 1.165) is 38.9 Å². The molecule has 7 rings (SSSR count). The number of nitrogens with one attached hydrogen (secondary N) is 4. The normalized spacial score (nSPS) is 14.5. The summed E-state index contributed by atoms with van der Waals surface area (Å²) in [7, 11) is 1.21. The molecule has 0 aliphatic heterocycles. The van der Waals surface area contributed by atoms with Crippen LogP contribution in [0.1, 0.15) is 80.2 Å². The first-order chi connectivity index (χ1) is 32.2. The Morgan fingerprint density at radius 2 is 1.16 bits per heavy atom. The highest BCUT2D eigenvalue weighted by Crippen LogP contribution is 2.49. The quantitative estimate of drug-likeness (QED) is 0.0378. The molecule has 4 N–H and O–H groups in total. The van der Waals surface area contributed by atoms with Gasteiger partial charge in [0, 0.05) is 18.1 Å². The van der Waals surface area contributed by atoms with Gasteiger partial charge in [-0.3, -0.25) is 24.0 Å². The topological polar surface area (TPSA) is 178 Å². The lowest BCUT2D eigenvalue weighted by molar-refractivity contribution is -0.155. The maximum atomic E-state index is 14.7. The maximum Gasteiger partial charge on any atom is 0.407 e. The molecule has 1 fully saturated rings. The van der Waals surface area contributed by atoms with Gasteiger partial charge in [0.1, 0.15) is 36.4 Å². The first-order valence-corrected chi connectivity index (χ1v) is 23.3. The summed E-state index contributed by atoms with van der Waals surface area (Å²) in [6.45, 7) is 4.77. The Kier molecular flexibility index (Phi) is 15.1. The number of carbonyl (C=O) groups excluding carboxylic acids is 6. The second kappa shape index (κ2) is 21.1. The van der Waals surface area contributed by atoms with E-state index in [0.29, 0.717) is 12.8 Å². The van der Waals surface area contributed by atoms with Crippen molar-refractivity contribution in [2.75, 3.05) is 26.0 Å². The van der Waals surface area contributed by atoms with Gasteiger partial charge in [0.15, 0.2) is 0 Å². The largest absolute Gasteiger partial charge is 0.468 e. The fourth-order valence-electron chi connectivity index (χ4n) is 8.39. The van der Waals surface area contributed by atoms with Gasteiger partial charge in [-0.1, -0.05) is 140 Å². The van der Waals surface area contributed by atoms with Gasteiger partial charge in [-0.05, 0) is 79.0 Å². The van der Waals surface area contributed by atoms with E-state index in [1.54, 1.807) is 20.8 Å². The lowest BCUT2D eigenvalue weighted by Gasteiger charge is -2.37. The van der Waals surface area contributed by atoms with Crippen LogP contribution in [0.25, 0.3) is 11.1 Å². The lowest BCUT2D eigenvalue weighted by Crippen LogP contribution is -2.59. The molecule has 0 bridgehead atoms. The average molecular weight is 925 g/mol. The Morgan fingerprint density at radius 3 is 1.66 bits per heavy atom. The van der Waals surface area contributed by atoms with Crippen LogP contribution < -0.4 is 21.3 Å². The Balaban J connectivity index is 1.18. The van der Waals surface area contributed by atoms with Crippen molar-refractivity contribution in [2.45, 2.75) is 80.3 Å². The number of rotatable bonds is 19. The van der Waals surface area contributed by atoms with Crippen molar-refractivity contribution in [3.8, 4) is 11.1 Å². The van der Waals surface area contributed by atoms with E-state index in [1.165, 1.54) is 18.9 Å². The minimum absolute atomic E-state index is 0.0252. The molecule has 14 heteroatoms. The van der Waals surface area contributed by atoms with Gasteiger partial charge in [-0.15, -0.1) is 11.8 Å². The number of hydrogen-bond acceptors (Lipinski definition) is 10. The van der Waals surface area contributed by atoms with Crippen LogP contribution in [-0.2, 0) is 42.9 Å². The second-order valence-electron chi connectivity index (χ2n) is 17.6. The molecule has 348 valence electrons. The van der Waals surface area contributed by atoms with Crippen molar-refractivity contribution in [1.82, 2.24) is 21.3 Å². The Bertz CT molecular complexity index is 2420. The molecule has 67 heavy (non-hydrogen) atoms. The number of esters is 2. The van der Waals surface area contributed by atoms with Crippen LogP contribution in [-0.4, -0.2) is 85.0 Å². The molecular formula is C53H56N4O9S. The van der Waals surface area contributed by atoms with Crippen LogP contribution in [0.4, 0.5) is 4.79 Å². The number of fused-ring (bicyclic) bond motifs is 3. The van der Waals surface area contributed by atoms with Gasteiger partial charge < -0.3 is 35.5 Å². The van der Waals surface area contributed by atoms with Gasteiger partial charge in [0.25, 0.3) is 0 Å². The number of ether oxygens (including phenoxy) is 3. The third-order valence-electron chi connectivity index (χ3n) is 11.8. The summed E-state index contributed by atoms with van der Waals surface area (Å²) >= 11 is 1.42. The monoisotopic (exact) mass is 924 g/mol. The van der Waals surface area contributed by atoms with E-state index in [4.69, 9.17) is 9.47 Å². The Hall–Kier alpha value is -6.93. The summed E-state index contributed by atoms with van der Waals surface area (Å²) < 4.78 is 15.2. The van der Waals surface area contributed by atoms with E-state index in [1.807, 2.05) is 140 Å². The molecular weight excluding hydrogens is 869 g/mol. The molecule has 5 aromatic rings. The third-order valence-corrected chi connectivity index (χ3v) is 13.5. The molecule has 2 aliphatic carbocycles. The molecule has 2 atom stereocenters. The maximum absolute atomic E-state index is 14.7. The Labute approximate surface area is 395 Å². The van der Waals surface area contributed by atoms with Gasteiger partial charge in [-0.25, -0.2) is 4.79 Å². The predicted molar refractivity (Wildman–Crippen MR) is 256 cm³/mol. The second-order valence-corrected chi connectivity index (χ2v) is 18.9. The fraction of sp³-hybridized carbons (Fsp3) is 0.321. The predicted octanol–water partition coefficient (Wildman–Crippen LogP) is 7.16. The van der Waals surface area contributed by atoms with Crippen LogP contribution in [0, 0.1) is 0 Å². The number of thioether (sulfide) groups is 1. The zero-order chi connectivity index (χ0) is 47.6. The Morgan fingerprint density at radius 1 is 0.657 bits per heavy atom. The minimum atomic E-state index is -1.36. The number of hydrogen-bond donors (Lipinski definition) is 4. The summed E-state index contributed by atoms with van der Waals surface area (Å²) in [6.07, 6.45) is -0.731. The highest BCUT2D eigenvalue weighted by Gasteiger charge is 2.52. The SMILES string of the molecule is COC(=O)CNC(=O)C1(NC(=O)[C@@H](CSC(c2ccccc2)(c2ccccc2)c2ccccc2)NC(=O)[C@@H](CCC(=O)OC(C)(C)C)NC(=O)OCC2c3ccccc3-c3ccccc32)CC1. The molecule has 0 unspecified atom stereocenters. The summed E-state index contributed by atoms with van der Waals surface area (Å²) in [5.41, 5.74) is 4.72. The van der Waals surface area contributed by atoms with Gasteiger partial charge in [0.05, 0.1) is 11.9 Å². The van der Waals surface area contributed by atoms with Crippen LogP contribution in [0.5, 0.6) is 0 Å². The van der Waals surface area contributed by atoms with Crippen molar-refractivity contribution in [3.05, 3.63) is 167 Å². The van der Waals surface area contributed by atoms with Crippen LogP contribution in [0.3, 0.4) is 0 Å². The van der Waals surface area contributed by atoms with Crippen LogP contribution in [0.15, 0.2) is 140 Å². The summed E-state index contributed by atoms with van der Waals surface area (Å²) in [6, 6.07) is 42.7. The van der Waals surface area contributed by atoms with E-state index in [-0.39, 0.29) is 31.1 Å². The molecule has 2 aliphatic rings. The molecule has 1 saturated carbocycles. The van der Waals surface area contributed by atoms with Crippen LogP contribution in [0.2, 0.25) is 0 Å². The molecule has 0 heterocycles. The van der Waals surface area contributed by atoms with E-state index < -0.39 is 70.3 Å². The number of methoxy groups -OCH3 is 1. The van der Waals surface area contributed by atoms with Crippen molar-refractivity contribution in [2.24, 2.45) is 0 Å². The van der Waals surface area contributed by atoms with Crippen molar-refractivity contribution in [1.29, 1.82) is 0 Å². The zero-order valence-corrected chi connectivity index (χ0v) is 38.9. The number of alkyl carbamates (subject to hydrolysis) is 1. The minimum Gasteiger partial charge on any atom is -0.468 e. The number of benzene rings is 5. The summed E-state index contributed by atoms with van der Waals surface area (Å²) in [4.78, 5) is 81.6. The smallest absolute Gasteiger partial charge is 0.407 e. The first kappa shape index (κ1) is 48.0. The van der Waals surface area contributed by atoms with Gasteiger partial charge in [0.2, 0.25) is 17.7 Å². The summed E-state index contributed by atoms with van der Waals surface area (Å²) in [5, 5.41) is 11.0. The number of carbonyl (C=O) groups is 6. The van der Waals surface area contributed by atoms with E-state index in [2.05, 4.69) is 26.0 Å². The van der Waals surface area contributed by atoms with E-state index >= 15 is 0 Å². The third kappa shape index (κ3) is 11.5. The fourth-order valence-corrected chi connectivity index (χ4v) is 9.95. The average Bonchev–Trinajstić information content (AvgIpc) is 4.05. The molecule has 5 aromatic carbocycles. The summed E-state index contributed by atoms with van der Waals surface area (Å²) in [5.74, 6) is -3.52. The number of amides is 4. The first-order valence-electron chi connectivity index (χ1n) is 22.3. The van der Waals surface area contributed by atoms with Crippen molar-refractivity contribution < 1.29 is 43.0 Å². The molecule has 13 nitrogen and oxygen atoms in total. The zero-order valence-electron chi connectivity index (χ0n) is 38.0. The van der Waals surface area contributed by atoms with Crippen molar-refractivity contribution in [3.63, 3.8) is 0 Å². The highest BCUT2D eigenvalue weighted by atomic mass is 32.2. The van der Waals surface area contributed by atoms with Gasteiger partial charge in [-0.2, -0.15) is 0 Å². The molecule has 0 radical (unpaired) electrons. The van der Waals surface area contributed by atoms with Crippen LogP contribution >= 0.6 is 11.8 Å². The van der Waals surface area contributed by atoms with E-state index in [9.17, 15) is 28.8 Å². The molecule has 0 spiro atoms. The standard InChI is InChI=1S/C53H56N4O9S/c1-51(2,3)66-45(58)29-28-43(56-50(63)65-33-42-40-26-16-14-24-38(40)39-25-15-17-27-41(39)42)47(60)55-44(48(61)57-52(30-31-52)49(62)54-32-46(59)64-4)34-67-53(35-18-8-5-9-19-35,36-20-10-6-11-21-36)37-22-12-7-13-23-37/h5-27,42-44H,28-34H2,1-4H3,(H,54,62)(H,55,60)(H,56,63)(H,57,61)/t43-,44-/m1/s1. The molecule has 0 saturated heterocycles. The highest BCUT2D eigenvalue weighted by molar-refractivity contribution is 8.00. The molecule has 4 amide bonds.